The van der Waals surface area contributed by atoms with Gasteiger partial charge in [-0.15, -0.1) is 13.2 Å². The van der Waals surface area contributed by atoms with E-state index in [0.717, 1.165) is 10.9 Å². The average molecular weight is 205 g/mol. The van der Waals surface area contributed by atoms with Crippen LogP contribution in [0.25, 0.3) is 10.9 Å². The van der Waals surface area contributed by atoms with Gasteiger partial charge < -0.3 is 5.73 Å². The van der Waals surface area contributed by atoms with E-state index in [2.05, 4.69) is 23.4 Å². The molecule has 0 radical (unpaired) electrons. The van der Waals surface area contributed by atoms with Gasteiger partial charge in [0.25, 0.3) is 0 Å². The minimum Gasteiger partial charge on any atom is -0.382 e. The molecule has 0 saturated carbocycles. The number of fused-ring (bicyclic) bond motifs is 1. The summed E-state index contributed by atoms with van der Waals surface area (Å²) in [7, 11) is 0. The third-order valence-corrected chi connectivity index (χ3v) is 1.75. The molecule has 2 aromatic rings. The van der Waals surface area contributed by atoms with Gasteiger partial charge in [-0.25, -0.2) is 0 Å². The molecule has 0 saturated heterocycles. The second kappa shape index (κ2) is 6.65. The molecule has 0 aliphatic rings. The van der Waals surface area contributed by atoms with Crippen molar-refractivity contribution in [2.24, 2.45) is 0 Å². The first-order chi connectivity index (χ1) is 7.27. The van der Waals surface area contributed by atoms with E-state index < -0.39 is 0 Å². The fourth-order valence-corrected chi connectivity index (χ4v) is 1.15. The zero-order valence-corrected chi connectivity index (χ0v) is 9.67. The molecule has 1 aromatic heterocycles. The molecule has 3 heteroatoms. The summed E-state index contributed by atoms with van der Waals surface area (Å²) < 4.78 is 0. The largest absolute Gasteiger partial charge is 0.382 e. The van der Waals surface area contributed by atoms with Crippen molar-refractivity contribution in [3.05, 3.63) is 36.9 Å². The first-order valence-electron chi connectivity index (χ1n) is 4.97. The smallest absolute Gasteiger partial charge is 0.153 e. The van der Waals surface area contributed by atoms with Gasteiger partial charge in [-0.3, -0.25) is 5.10 Å². The second-order valence-electron chi connectivity index (χ2n) is 2.66. The van der Waals surface area contributed by atoms with Gasteiger partial charge in [0, 0.05) is 5.39 Å². The molecular weight excluding hydrogens is 186 g/mol. The molecule has 1 heterocycles. The second-order valence-corrected chi connectivity index (χ2v) is 2.66. The standard InChI is InChI=1S/C8H9N3.C2H6.C2H4/c1-5-2-3-7-6(4-5)8(9)11-10-7;2*1-2/h2-4H,1H3,(H3,9,10,11);1-2H3;1-2H2. The Bertz CT molecular complexity index is 404. The summed E-state index contributed by atoms with van der Waals surface area (Å²) in [5.41, 5.74) is 7.80. The topological polar surface area (TPSA) is 54.7 Å². The van der Waals surface area contributed by atoms with E-state index in [1.807, 2.05) is 39.0 Å². The van der Waals surface area contributed by atoms with Gasteiger partial charge in [0.05, 0.1) is 5.52 Å². The number of hydrogen-bond acceptors (Lipinski definition) is 2. The molecule has 15 heavy (non-hydrogen) atoms. The fraction of sp³-hybridized carbons (Fsp3) is 0.250. The van der Waals surface area contributed by atoms with Crippen LogP contribution in [-0.4, -0.2) is 10.2 Å². The van der Waals surface area contributed by atoms with E-state index in [1.165, 1.54) is 5.56 Å². The number of nitrogens with zero attached hydrogens (tertiary/aromatic N) is 1. The molecule has 3 nitrogen and oxygen atoms in total. The highest BCUT2D eigenvalue weighted by Gasteiger charge is 1.99. The van der Waals surface area contributed by atoms with Crippen molar-refractivity contribution < 1.29 is 0 Å². The van der Waals surface area contributed by atoms with Crippen LogP contribution in [0.3, 0.4) is 0 Å². The van der Waals surface area contributed by atoms with Crippen LogP contribution < -0.4 is 5.73 Å². The SMILES string of the molecule is C=C.CC.Cc1ccc2[nH]nc(N)c2c1. The highest BCUT2D eigenvalue weighted by Crippen LogP contribution is 2.18. The summed E-state index contributed by atoms with van der Waals surface area (Å²) in [6.45, 7) is 12.0. The van der Waals surface area contributed by atoms with Crippen molar-refractivity contribution in [3.63, 3.8) is 0 Å². The average Bonchev–Trinajstić information content (AvgIpc) is 2.66. The normalized spacial score (nSPS) is 8.47. The summed E-state index contributed by atoms with van der Waals surface area (Å²) in [6, 6.07) is 6.03. The quantitative estimate of drug-likeness (QED) is 0.648. The molecule has 0 aliphatic heterocycles. The lowest BCUT2D eigenvalue weighted by molar-refractivity contribution is 1.13. The van der Waals surface area contributed by atoms with E-state index in [9.17, 15) is 0 Å². The molecule has 0 spiro atoms. The summed E-state index contributed by atoms with van der Waals surface area (Å²) >= 11 is 0. The zero-order chi connectivity index (χ0) is 11.8. The number of aromatic amines is 1. The Morgan fingerprint density at radius 3 is 2.47 bits per heavy atom. The van der Waals surface area contributed by atoms with Crippen LogP contribution in [0, 0.1) is 6.92 Å². The Morgan fingerprint density at radius 2 is 1.87 bits per heavy atom. The van der Waals surface area contributed by atoms with Crippen molar-refractivity contribution in [1.29, 1.82) is 0 Å². The number of nitrogens with one attached hydrogen (secondary N) is 1. The minimum absolute atomic E-state index is 0.573. The van der Waals surface area contributed by atoms with Crippen molar-refractivity contribution in [2.45, 2.75) is 20.8 Å². The third-order valence-electron chi connectivity index (χ3n) is 1.75. The van der Waals surface area contributed by atoms with Crippen LogP contribution in [0.1, 0.15) is 19.4 Å². The van der Waals surface area contributed by atoms with Gasteiger partial charge in [-0.2, -0.15) is 5.10 Å². The van der Waals surface area contributed by atoms with E-state index in [0.29, 0.717) is 5.82 Å². The predicted molar refractivity (Wildman–Crippen MR) is 67.8 cm³/mol. The van der Waals surface area contributed by atoms with E-state index in [4.69, 9.17) is 5.73 Å². The van der Waals surface area contributed by atoms with Gasteiger partial charge in [-0.05, 0) is 19.1 Å². The Hall–Kier alpha value is -1.77. The molecule has 0 fully saturated rings. The lowest BCUT2D eigenvalue weighted by Gasteiger charge is -1.91. The van der Waals surface area contributed by atoms with Crippen LogP contribution in [-0.2, 0) is 0 Å². The molecule has 0 atom stereocenters. The Labute approximate surface area is 91.0 Å². The molecule has 1 aromatic carbocycles. The summed E-state index contributed by atoms with van der Waals surface area (Å²) in [5, 5.41) is 7.73. The van der Waals surface area contributed by atoms with Crippen molar-refractivity contribution in [3.8, 4) is 0 Å². The van der Waals surface area contributed by atoms with Crippen molar-refractivity contribution in [1.82, 2.24) is 10.2 Å². The number of nitrogen functional groups attached to an aromatic ring is 1. The molecule has 2 rings (SSSR count). The number of anilines is 1. The Balaban J connectivity index is 0.000000442. The van der Waals surface area contributed by atoms with Gasteiger partial charge >= 0.3 is 0 Å². The van der Waals surface area contributed by atoms with Crippen LogP contribution >= 0.6 is 0 Å². The highest BCUT2D eigenvalue weighted by atomic mass is 15.1. The number of aromatic nitrogens is 2. The lowest BCUT2D eigenvalue weighted by Crippen LogP contribution is -1.83. The van der Waals surface area contributed by atoms with Gasteiger partial charge in [0.1, 0.15) is 0 Å². The van der Waals surface area contributed by atoms with Crippen molar-refractivity contribution in [2.75, 3.05) is 5.73 Å². The van der Waals surface area contributed by atoms with Crippen LogP contribution in [0.4, 0.5) is 5.82 Å². The van der Waals surface area contributed by atoms with Gasteiger partial charge in [-0.1, -0.05) is 25.5 Å². The van der Waals surface area contributed by atoms with Gasteiger partial charge in [0.2, 0.25) is 0 Å². The first kappa shape index (κ1) is 13.2. The number of hydrogen-bond donors (Lipinski definition) is 2. The Morgan fingerprint density at radius 1 is 1.27 bits per heavy atom. The van der Waals surface area contributed by atoms with Gasteiger partial charge in [0.15, 0.2) is 5.82 Å². The van der Waals surface area contributed by atoms with E-state index in [-0.39, 0.29) is 0 Å². The number of benzene rings is 1. The molecule has 0 amide bonds. The van der Waals surface area contributed by atoms with Crippen LogP contribution in [0.2, 0.25) is 0 Å². The number of nitrogens with two attached hydrogens (primary N) is 1. The minimum atomic E-state index is 0.573. The van der Waals surface area contributed by atoms with E-state index in [1.54, 1.807) is 0 Å². The molecule has 0 bridgehead atoms. The zero-order valence-electron chi connectivity index (χ0n) is 9.67. The molecule has 0 unspecified atom stereocenters. The molecule has 0 aliphatic carbocycles. The number of rotatable bonds is 0. The maximum atomic E-state index is 5.60. The predicted octanol–water partition coefficient (Wildman–Crippen LogP) is 3.28. The maximum Gasteiger partial charge on any atom is 0.153 e. The lowest BCUT2D eigenvalue weighted by atomic mass is 10.2. The maximum absolute atomic E-state index is 5.60. The van der Waals surface area contributed by atoms with Crippen LogP contribution in [0.5, 0.6) is 0 Å². The summed E-state index contributed by atoms with van der Waals surface area (Å²) in [5.74, 6) is 0.573. The first-order valence-corrected chi connectivity index (χ1v) is 4.97. The molecular formula is C12H19N3. The molecule has 3 N–H and O–H groups in total. The molecule has 82 valence electrons. The summed E-state index contributed by atoms with van der Waals surface area (Å²) in [6.07, 6.45) is 0. The van der Waals surface area contributed by atoms with Crippen LogP contribution in [0.15, 0.2) is 31.4 Å². The summed E-state index contributed by atoms with van der Waals surface area (Å²) in [4.78, 5) is 0. The third kappa shape index (κ3) is 3.13. The monoisotopic (exact) mass is 205 g/mol. The fourth-order valence-electron chi connectivity index (χ4n) is 1.15. The van der Waals surface area contributed by atoms with Crippen molar-refractivity contribution >= 4 is 16.7 Å². The Kier molecular flexibility index (Phi) is 5.86. The number of H-pyrrole nitrogens is 1. The number of aryl methyl sites for hydroxylation is 1. The highest BCUT2D eigenvalue weighted by molar-refractivity contribution is 5.88. The van der Waals surface area contributed by atoms with E-state index >= 15 is 0 Å².